The Morgan fingerprint density at radius 1 is 1.50 bits per heavy atom. The van der Waals surface area contributed by atoms with Gasteiger partial charge in [0.2, 0.25) is 0 Å². The van der Waals surface area contributed by atoms with Gasteiger partial charge in [-0.05, 0) is 41.1 Å². The zero-order valence-electron chi connectivity index (χ0n) is 9.85. The van der Waals surface area contributed by atoms with Crippen LogP contribution in [0.2, 0.25) is 0 Å². The first-order valence-corrected chi connectivity index (χ1v) is 6.72. The fourth-order valence-electron chi connectivity index (χ4n) is 1.75. The van der Waals surface area contributed by atoms with E-state index in [-0.39, 0.29) is 5.82 Å². The van der Waals surface area contributed by atoms with E-state index in [0.29, 0.717) is 21.4 Å². The van der Waals surface area contributed by atoms with Crippen molar-refractivity contribution in [2.75, 3.05) is 0 Å². The summed E-state index contributed by atoms with van der Waals surface area (Å²) in [6, 6.07) is 4.33. The van der Waals surface area contributed by atoms with E-state index in [9.17, 15) is 9.50 Å². The Bertz CT molecular complexity index is 544. The Balaban J connectivity index is 2.35. The molecule has 0 aliphatic heterocycles. The van der Waals surface area contributed by atoms with Gasteiger partial charge in [0.1, 0.15) is 11.9 Å². The van der Waals surface area contributed by atoms with Gasteiger partial charge in [-0.15, -0.1) is 5.10 Å². The van der Waals surface area contributed by atoms with Gasteiger partial charge in [-0.1, -0.05) is 18.2 Å². The van der Waals surface area contributed by atoms with Crippen molar-refractivity contribution < 1.29 is 9.50 Å². The van der Waals surface area contributed by atoms with Gasteiger partial charge >= 0.3 is 0 Å². The molecule has 0 amide bonds. The standard InChI is InChI=1S/C12H13FIN3O/c1-2-5-17-11(7-15-16-17)12(18)9-4-3-8(13)6-10(9)14/h3-4,6-7,12,18H,2,5H2,1H3. The second-order valence-corrected chi connectivity index (χ2v) is 5.11. The fourth-order valence-corrected chi connectivity index (χ4v) is 2.52. The van der Waals surface area contributed by atoms with Crippen LogP contribution in [0, 0.1) is 9.39 Å². The van der Waals surface area contributed by atoms with Gasteiger partial charge in [-0.3, -0.25) is 0 Å². The van der Waals surface area contributed by atoms with Gasteiger partial charge in [-0.2, -0.15) is 0 Å². The summed E-state index contributed by atoms with van der Waals surface area (Å²) in [7, 11) is 0. The van der Waals surface area contributed by atoms with E-state index in [2.05, 4.69) is 10.3 Å². The first-order valence-electron chi connectivity index (χ1n) is 5.65. The minimum atomic E-state index is -0.834. The van der Waals surface area contributed by atoms with Gasteiger partial charge in [0, 0.05) is 15.7 Å². The number of aliphatic hydroxyl groups is 1. The average Bonchev–Trinajstić information content (AvgIpc) is 2.77. The van der Waals surface area contributed by atoms with Crippen LogP contribution in [0.1, 0.15) is 30.7 Å². The van der Waals surface area contributed by atoms with Crippen molar-refractivity contribution in [2.24, 2.45) is 0 Å². The lowest BCUT2D eigenvalue weighted by molar-refractivity contribution is 0.206. The number of nitrogens with zero attached hydrogens (tertiary/aromatic N) is 3. The van der Waals surface area contributed by atoms with Crippen molar-refractivity contribution in [1.82, 2.24) is 15.0 Å². The van der Waals surface area contributed by atoms with Crippen molar-refractivity contribution in [3.05, 3.63) is 45.0 Å². The summed E-state index contributed by atoms with van der Waals surface area (Å²) in [5, 5.41) is 18.1. The Morgan fingerprint density at radius 2 is 2.28 bits per heavy atom. The first-order chi connectivity index (χ1) is 8.63. The number of halogens is 2. The van der Waals surface area contributed by atoms with Crippen LogP contribution in [0.4, 0.5) is 4.39 Å². The normalized spacial score (nSPS) is 12.7. The summed E-state index contributed by atoms with van der Waals surface area (Å²) in [6.45, 7) is 2.73. The number of hydrogen-bond acceptors (Lipinski definition) is 3. The first kappa shape index (κ1) is 13.4. The second kappa shape index (κ2) is 5.75. The minimum Gasteiger partial charge on any atom is -0.382 e. The number of rotatable bonds is 4. The van der Waals surface area contributed by atoms with Crippen LogP contribution in [0.3, 0.4) is 0 Å². The molecular weight excluding hydrogens is 348 g/mol. The summed E-state index contributed by atoms with van der Waals surface area (Å²) in [5.41, 5.74) is 1.29. The lowest BCUT2D eigenvalue weighted by Gasteiger charge is -2.14. The highest BCUT2D eigenvalue weighted by Crippen LogP contribution is 2.26. The van der Waals surface area contributed by atoms with Crippen molar-refractivity contribution in [3.63, 3.8) is 0 Å². The number of aromatic nitrogens is 3. The van der Waals surface area contributed by atoms with Crippen LogP contribution in [-0.4, -0.2) is 20.1 Å². The summed E-state index contributed by atoms with van der Waals surface area (Å²) in [4.78, 5) is 0. The molecule has 1 aromatic heterocycles. The van der Waals surface area contributed by atoms with Crippen LogP contribution in [-0.2, 0) is 6.54 Å². The van der Waals surface area contributed by atoms with E-state index < -0.39 is 6.10 Å². The number of aryl methyl sites for hydroxylation is 1. The molecule has 0 saturated heterocycles. The van der Waals surface area contributed by atoms with Gasteiger partial charge in [0.25, 0.3) is 0 Å². The van der Waals surface area contributed by atoms with Gasteiger partial charge in [0.05, 0.1) is 11.9 Å². The number of benzene rings is 1. The summed E-state index contributed by atoms with van der Waals surface area (Å²) in [6.07, 6.45) is 1.61. The Labute approximate surface area is 118 Å². The SMILES string of the molecule is CCCn1nncc1C(O)c1ccc(F)cc1I. The molecule has 0 aliphatic carbocycles. The molecule has 1 heterocycles. The molecule has 1 atom stereocenters. The lowest BCUT2D eigenvalue weighted by Crippen LogP contribution is -2.11. The Hall–Kier alpha value is -1.02. The second-order valence-electron chi connectivity index (χ2n) is 3.95. The zero-order chi connectivity index (χ0) is 13.1. The van der Waals surface area contributed by atoms with Crippen molar-refractivity contribution in [1.29, 1.82) is 0 Å². The predicted octanol–water partition coefficient (Wildman–Crippen LogP) is 2.51. The quantitative estimate of drug-likeness (QED) is 0.852. The molecule has 6 heteroatoms. The molecule has 0 fully saturated rings. The third-order valence-electron chi connectivity index (χ3n) is 2.62. The highest BCUT2D eigenvalue weighted by molar-refractivity contribution is 14.1. The summed E-state index contributed by atoms with van der Waals surface area (Å²) >= 11 is 2.01. The lowest BCUT2D eigenvalue weighted by atomic mass is 10.1. The molecule has 4 nitrogen and oxygen atoms in total. The fraction of sp³-hybridized carbons (Fsp3) is 0.333. The van der Waals surface area contributed by atoms with Gasteiger partial charge < -0.3 is 5.11 Å². The summed E-state index contributed by atoms with van der Waals surface area (Å²) < 4.78 is 15.4. The van der Waals surface area contributed by atoms with Crippen LogP contribution in [0.15, 0.2) is 24.4 Å². The van der Waals surface area contributed by atoms with Gasteiger partial charge in [-0.25, -0.2) is 9.07 Å². The molecule has 2 aromatic rings. The van der Waals surface area contributed by atoms with E-state index in [1.54, 1.807) is 16.9 Å². The van der Waals surface area contributed by atoms with Crippen LogP contribution < -0.4 is 0 Å². The molecule has 1 N–H and O–H groups in total. The third kappa shape index (κ3) is 2.69. The third-order valence-corrected chi connectivity index (χ3v) is 3.55. The van der Waals surface area contributed by atoms with Crippen LogP contribution in [0.25, 0.3) is 0 Å². The maximum atomic E-state index is 13.0. The van der Waals surface area contributed by atoms with Crippen LogP contribution >= 0.6 is 22.6 Å². The Kier molecular flexibility index (Phi) is 4.28. The molecule has 0 aliphatic rings. The Morgan fingerprint density at radius 3 is 2.94 bits per heavy atom. The maximum Gasteiger partial charge on any atom is 0.124 e. The topological polar surface area (TPSA) is 50.9 Å². The van der Waals surface area contributed by atoms with Crippen LogP contribution in [0.5, 0.6) is 0 Å². The van der Waals surface area contributed by atoms with Crippen molar-refractivity contribution in [2.45, 2.75) is 26.0 Å². The molecule has 18 heavy (non-hydrogen) atoms. The molecular formula is C12H13FIN3O. The molecule has 0 radical (unpaired) electrons. The monoisotopic (exact) mass is 361 g/mol. The van der Waals surface area contributed by atoms with E-state index in [1.807, 2.05) is 29.5 Å². The zero-order valence-corrected chi connectivity index (χ0v) is 12.0. The number of aliphatic hydroxyl groups excluding tert-OH is 1. The maximum absolute atomic E-state index is 13.0. The van der Waals surface area contributed by atoms with Crippen molar-refractivity contribution >= 4 is 22.6 Å². The average molecular weight is 361 g/mol. The largest absolute Gasteiger partial charge is 0.382 e. The van der Waals surface area contributed by atoms with E-state index in [1.165, 1.54) is 12.1 Å². The smallest absolute Gasteiger partial charge is 0.124 e. The minimum absolute atomic E-state index is 0.310. The molecule has 0 spiro atoms. The van der Waals surface area contributed by atoms with Gasteiger partial charge in [0.15, 0.2) is 0 Å². The molecule has 0 bridgehead atoms. The van der Waals surface area contributed by atoms with E-state index >= 15 is 0 Å². The molecule has 2 rings (SSSR count). The summed E-state index contributed by atoms with van der Waals surface area (Å²) in [5.74, 6) is -0.310. The predicted molar refractivity (Wildman–Crippen MR) is 73.5 cm³/mol. The van der Waals surface area contributed by atoms with E-state index in [0.717, 1.165) is 6.42 Å². The molecule has 0 saturated carbocycles. The van der Waals surface area contributed by atoms with Crippen molar-refractivity contribution in [3.8, 4) is 0 Å². The highest BCUT2D eigenvalue weighted by atomic mass is 127. The molecule has 96 valence electrons. The molecule has 1 aromatic carbocycles. The number of hydrogen-bond donors (Lipinski definition) is 1. The van der Waals surface area contributed by atoms with E-state index in [4.69, 9.17) is 0 Å². The molecule has 1 unspecified atom stereocenters. The highest BCUT2D eigenvalue weighted by Gasteiger charge is 2.18.